The zero-order valence-corrected chi connectivity index (χ0v) is 9.39. The second kappa shape index (κ2) is 6.94. The van der Waals surface area contributed by atoms with Crippen molar-refractivity contribution >= 4 is 16.1 Å². The van der Waals surface area contributed by atoms with Gasteiger partial charge in [-0.05, 0) is 12.1 Å². The molecule has 17 heavy (non-hydrogen) atoms. The van der Waals surface area contributed by atoms with Gasteiger partial charge in [-0.1, -0.05) is 18.2 Å². The number of hydrogen-bond acceptors (Lipinski definition) is 4. The van der Waals surface area contributed by atoms with E-state index < -0.39 is 28.8 Å². The highest BCUT2D eigenvalue weighted by molar-refractivity contribution is 7.85. The summed E-state index contributed by atoms with van der Waals surface area (Å²) >= 11 is 0. The third kappa shape index (κ3) is 6.61. The van der Waals surface area contributed by atoms with E-state index in [0.717, 1.165) is 0 Å². The van der Waals surface area contributed by atoms with Crippen molar-refractivity contribution < 1.29 is 28.6 Å². The van der Waals surface area contributed by atoms with Gasteiger partial charge in [0.1, 0.15) is 12.7 Å². The van der Waals surface area contributed by atoms with Crippen LogP contribution in [0.5, 0.6) is 0 Å². The van der Waals surface area contributed by atoms with Gasteiger partial charge in [0.05, 0.1) is 6.27 Å². The predicted molar refractivity (Wildman–Crippen MR) is 57.8 cm³/mol. The number of hydrogen-bond donors (Lipinski definition) is 3. The molecule has 1 rings (SSSR count). The van der Waals surface area contributed by atoms with Crippen LogP contribution < -0.4 is 5.73 Å². The van der Waals surface area contributed by atoms with Gasteiger partial charge in [0, 0.05) is 0 Å². The van der Waals surface area contributed by atoms with Crippen LogP contribution in [-0.2, 0) is 14.9 Å². The molecule has 8 heteroatoms. The van der Waals surface area contributed by atoms with Crippen LogP contribution in [0.1, 0.15) is 1.37 Å². The van der Waals surface area contributed by atoms with Gasteiger partial charge in [0.2, 0.25) is 0 Å². The molecule has 1 aromatic rings. The molecule has 0 unspecified atom stereocenters. The van der Waals surface area contributed by atoms with Crippen molar-refractivity contribution in [3.05, 3.63) is 30.3 Å². The minimum absolute atomic E-state index is 0.0741. The monoisotopic (exact) mass is 266 g/mol. The van der Waals surface area contributed by atoms with Crippen LogP contribution in [0.3, 0.4) is 0 Å². The van der Waals surface area contributed by atoms with E-state index in [2.05, 4.69) is 5.73 Å². The smallest absolute Gasteiger partial charge is 0.323 e. The van der Waals surface area contributed by atoms with Gasteiger partial charge in [-0.15, -0.1) is 0 Å². The Morgan fingerprint density at radius 2 is 1.94 bits per heavy atom. The van der Waals surface area contributed by atoms with Gasteiger partial charge in [0.15, 0.2) is 0 Å². The number of rotatable bonds is 3. The first-order valence-corrected chi connectivity index (χ1v) is 5.66. The topological polar surface area (TPSA) is 118 Å². The highest BCUT2D eigenvalue weighted by Crippen LogP contribution is 2.05. The summed E-state index contributed by atoms with van der Waals surface area (Å²) in [7, 11) is -4.00. The third-order valence-corrected chi connectivity index (χ3v) is 2.33. The van der Waals surface area contributed by atoms with E-state index in [1.165, 1.54) is 12.1 Å². The molecule has 0 saturated carbocycles. The van der Waals surface area contributed by atoms with Crippen molar-refractivity contribution in [1.29, 1.82) is 0 Å². The third-order valence-electron chi connectivity index (χ3n) is 1.46. The predicted octanol–water partition coefficient (Wildman–Crippen LogP) is 0.301. The summed E-state index contributed by atoms with van der Waals surface area (Å²) in [5.74, 6) is -1.65. The number of benzene rings is 1. The summed E-state index contributed by atoms with van der Waals surface area (Å²) in [6, 6.07) is 4.96. The molecule has 0 heterocycles. The molecule has 4 N–H and O–H groups in total. The summed E-state index contributed by atoms with van der Waals surface area (Å²) in [4.78, 5) is 9.63. The molecule has 0 aliphatic rings. The molecular weight excluding hydrogens is 253 g/mol. The first kappa shape index (κ1) is 13.6. The van der Waals surface area contributed by atoms with Crippen LogP contribution in [0.2, 0.25) is 0 Å². The summed E-state index contributed by atoms with van der Waals surface area (Å²) in [6.07, 6.45) is 0. The zero-order chi connectivity index (χ0) is 14.4. The fourth-order valence-corrected chi connectivity index (χ4v) is 1.15. The molecule has 96 valence electrons. The summed E-state index contributed by atoms with van der Waals surface area (Å²) in [6.45, 7) is -1.37. The molecular formula is C9H12FNO5S. The Hall–Kier alpha value is -1.51. The summed E-state index contributed by atoms with van der Waals surface area (Å²) < 4.78 is 47.0. The van der Waals surface area contributed by atoms with Crippen molar-refractivity contribution in [3.63, 3.8) is 0 Å². The molecule has 1 aromatic carbocycles. The van der Waals surface area contributed by atoms with Crippen molar-refractivity contribution in [3.8, 4) is 0 Å². The highest BCUT2D eigenvalue weighted by Gasteiger charge is 2.08. The first-order valence-electron chi connectivity index (χ1n) is 4.72. The maximum atomic E-state index is 11.3. The van der Waals surface area contributed by atoms with Crippen LogP contribution in [0.15, 0.2) is 35.2 Å². The molecule has 0 radical (unpaired) electrons. The number of carboxylic acid groups (broad SMARTS) is 1. The number of carbonyl (C=O) groups is 1. The largest absolute Gasteiger partial charge is 0.480 e. The average molecular weight is 266 g/mol. The second-order valence-corrected chi connectivity index (χ2v) is 4.17. The highest BCUT2D eigenvalue weighted by atomic mass is 32.2. The Kier molecular flexibility index (Phi) is 5.53. The Bertz CT molecular complexity index is 491. The van der Waals surface area contributed by atoms with E-state index in [9.17, 15) is 17.6 Å². The number of alkyl halides is 1. The van der Waals surface area contributed by atoms with Gasteiger partial charge in [0.25, 0.3) is 10.1 Å². The van der Waals surface area contributed by atoms with Crippen LogP contribution in [-0.4, -0.2) is 36.7 Å². The van der Waals surface area contributed by atoms with E-state index in [1.807, 2.05) is 0 Å². The molecule has 0 saturated heterocycles. The van der Waals surface area contributed by atoms with Crippen molar-refractivity contribution in [2.75, 3.05) is 6.67 Å². The molecule has 0 aromatic heterocycles. The van der Waals surface area contributed by atoms with Gasteiger partial charge >= 0.3 is 5.97 Å². The van der Waals surface area contributed by atoms with E-state index in [-0.39, 0.29) is 4.90 Å². The van der Waals surface area contributed by atoms with Gasteiger partial charge in [-0.3, -0.25) is 9.35 Å². The normalized spacial score (nSPS) is 14.9. The van der Waals surface area contributed by atoms with E-state index in [1.54, 1.807) is 18.2 Å². The average Bonchev–Trinajstić information content (AvgIpc) is 2.30. The maximum absolute atomic E-state index is 11.3. The Morgan fingerprint density at radius 1 is 1.47 bits per heavy atom. The Morgan fingerprint density at radius 3 is 2.12 bits per heavy atom. The van der Waals surface area contributed by atoms with Gasteiger partial charge < -0.3 is 10.8 Å². The molecule has 1 atom stereocenters. The van der Waals surface area contributed by atoms with Crippen LogP contribution in [0.25, 0.3) is 0 Å². The first-order chi connectivity index (χ1) is 8.11. The van der Waals surface area contributed by atoms with E-state index in [4.69, 9.17) is 11.0 Å². The lowest BCUT2D eigenvalue weighted by Gasteiger charge is -1.94. The molecule has 0 bridgehead atoms. The lowest BCUT2D eigenvalue weighted by Crippen LogP contribution is -2.31. The number of carboxylic acids is 1. The minimum atomic E-state index is -4.00. The lowest BCUT2D eigenvalue weighted by molar-refractivity contribution is -0.138. The quantitative estimate of drug-likeness (QED) is 0.677. The van der Waals surface area contributed by atoms with Crippen LogP contribution >= 0.6 is 0 Å². The van der Waals surface area contributed by atoms with Crippen molar-refractivity contribution in [2.24, 2.45) is 5.73 Å². The van der Waals surface area contributed by atoms with Gasteiger partial charge in [-0.25, -0.2) is 4.39 Å². The van der Waals surface area contributed by atoms with E-state index in [0.29, 0.717) is 0 Å². The fourth-order valence-electron chi connectivity index (χ4n) is 0.650. The molecule has 0 fully saturated rings. The fraction of sp³-hybridized carbons (Fsp3) is 0.222. The lowest BCUT2D eigenvalue weighted by atomic mass is 10.4. The number of aliphatic carboxylic acids is 1. The second-order valence-electron chi connectivity index (χ2n) is 2.75. The van der Waals surface area contributed by atoms with Gasteiger partial charge in [-0.2, -0.15) is 8.42 Å². The van der Waals surface area contributed by atoms with Crippen LogP contribution in [0.4, 0.5) is 4.39 Å². The minimum Gasteiger partial charge on any atom is -0.480 e. The Balaban J connectivity index is 0.000000331. The van der Waals surface area contributed by atoms with E-state index >= 15 is 0 Å². The summed E-state index contributed by atoms with van der Waals surface area (Å²) in [5, 5.41) is 7.89. The standard InChI is InChI=1S/C6H6O3S.C3H6FNO2/c7-10(8,9)6-4-2-1-3-5-6;4-1-2(5)3(6)7/h1-5H,(H,7,8,9);2H,1,5H2,(H,6,7)/t;2-/m.0/s1/i;2D. The Labute approximate surface area is 99.0 Å². The molecule has 0 spiro atoms. The SMILES string of the molecule is O=S(=O)(O)c1ccccc1.[2H][C@](N)(CF)C(=O)O. The zero-order valence-electron chi connectivity index (χ0n) is 9.58. The van der Waals surface area contributed by atoms with Crippen molar-refractivity contribution in [2.45, 2.75) is 10.9 Å². The molecule has 0 aliphatic carbocycles. The molecule has 6 nitrogen and oxygen atoms in total. The number of halogens is 1. The molecule has 0 aliphatic heterocycles. The summed E-state index contributed by atoms with van der Waals surface area (Å²) in [5.41, 5.74) is 4.55. The number of nitrogens with two attached hydrogens (primary N) is 1. The van der Waals surface area contributed by atoms with Crippen molar-refractivity contribution in [1.82, 2.24) is 0 Å². The van der Waals surface area contributed by atoms with Crippen LogP contribution in [0, 0.1) is 0 Å². The molecule has 0 amide bonds. The maximum Gasteiger partial charge on any atom is 0.323 e.